The third-order valence-electron chi connectivity index (χ3n) is 4.79. The molecule has 2 aliphatic heterocycles. The van der Waals surface area contributed by atoms with Gasteiger partial charge >= 0.3 is 57.9 Å². The standard InChI is InChI=1S/C17H16N4O8S2.Na.H/c1-9(22)29-14-12(13(23)21(14)31(26,27)28)20(17(25)19-7-6-18-16(19)24)15-11-5-3-2-4-10(11)8-30-15;;/h2-5,8,12,14H,6-7H2,1H3,(H,18,24)(H,26,27,28);;/q;+1;-1/t12-,14+;;/m1../s1. The Balaban J connectivity index is 0.00000193. The van der Waals surface area contributed by atoms with Crippen LogP contribution in [-0.2, 0) is 24.6 Å². The second-order valence-corrected chi connectivity index (χ2v) is 8.87. The summed E-state index contributed by atoms with van der Waals surface area (Å²) in [5.41, 5.74) is 0. The van der Waals surface area contributed by atoms with E-state index in [0.717, 1.165) is 33.4 Å². The van der Waals surface area contributed by atoms with Crippen LogP contribution in [0.1, 0.15) is 8.35 Å². The number of imide groups is 1. The van der Waals surface area contributed by atoms with Gasteiger partial charge in [0.15, 0.2) is 6.04 Å². The number of anilines is 1. The monoisotopic (exact) mass is 492 g/mol. The summed E-state index contributed by atoms with van der Waals surface area (Å²) in [5, 5.41) is 5.77. The van der Waals surface area contributed by atoms with Crippen molar-refractivity contribution in [1.82, 2.24) is 14.5 Å². The molecule has 3 heterocycles. The Morgan fingerprint density at radius 2 is 2.00 bits per heavy atom. The molecule has 2 aliphatic rings. The molecule has 0 spiro atoms. The van der Waals surface area contributed by atoms with Crippen molar-refractivity contribution in [1.29, 1.82) is 0 Å². The molecule has 2 aromatic rings. The van der Waals surface area contributed by atoms with Crippen molar-refractivity contribution in [2.75, 3.05) is 18.0 Å². The minimum Gasteiger partial charge on any atom is -1.00 e. The number of hydrogen-bond donors (Lipinski definition) is 2. The van der Waals surface area contributed by atoms with Crippen molar-refractivity contribution in [2.24, 2.45) is 0 Å². The number of amides is 5. The largest absolute Gasteiger partial charge is 1.00 e. The maximum Gasteiger partial charge on any atom is 1.00 e. The van der Waals surface area contributed by atoms with Crippen LogP contribution < -0.4 is 39.8 Å². The van der Waals surface area contributed by atoms with E-state index in [0.29, 0.717) is 5.39 Å². The number of urea groups is 2. The molecule has 1 aromatic heterocycles. The van der Waals surface area contributed by atoms with Gasteiger partial charge in [0, 0.05) is 30.8 Å². The van der Waals surface area contributed by atoms with Gasteiger partial charge < -0.3 is 11.5 Å². The van der Waals surface area contributed by atoms with E-state index in [2.05, 4.69) is 5.32 Å². The fourth-order valence-electron chi connectivity index (χ4n) is 3.47. The molecule has 2 atom stereocenters. The van der Waals surface area contributed by atoms with Crippen LogP contribution in [0.3, 0.4) is 0 Å². The second kappa shape index (κ2) is 8.96. The molecule has 2 saturated heterocycles. The molecule has 12 nitrogen and oxygen atoms in total. The zero-order chi connectivity index (χ0) is 22.5. The first-order valence-electron chi connectivity index (χ1n) is 8.94. The third-order valence-corrected chi connectivity index (χ3v) is 6.68. The predicted octanol–water partition coefficient (Wildman–Crippen LogP) is -2.13. The molecule has 0 unspecified atom stereocenters. The zero-order valence-corrected chi connectivity index (χ0v) is 20.6. The Kier molecular flexibility index (Phi) is 6.83. The number of hydrogen-bond acceptors (Lipinski definition) is 8. The van der Waals surface area contributed by atoms with Gasteiger partial charge in [-0.1, -0.05) is 24.3 Å². The number of benzene rings is 1. The summed E-state index contributed by atoms with van der Waals surface area (Å²) in [4.78, 5) is 51.6. The number of nitrogens with one attached hydrogen (secondary N) is 1. The van der Waals surface area contributed by atoms with Crippen LogP contribution in [0.15, 0.2) is 29.6 Å². The molecule has 2 fully saturated rings. The van der Waals surface area contributed by atoms with Crippen LogP contribution in [0.2, 0.25) is 0 Å². The van der Waals surface area contributed by atoms with E-state index in [9.17, 15) is 32.1 Å². The number of carbonyl (C=O) groups excluding carboxylic acids is 4. The van der Waals surface area contributed by atoms with Crippen LogP contribution in [-0.4, -0.2) is 71.5 Å². The number of thiophene rings is 1. The van der Waals surface area contributed by atoms with Crippen molar-refractivity contribution in [3.63, 3.8) is 0 Å². The van der Waals surface area contributed by atoms with E-state index < -0.39 is 46.5 Å². The molecular weight excluding hydrogens is 475 g/mol. The third kappa shape index (κ3) is 4.09. The number of ether oxygens (including phenoxy) is 1. The second-order valence-electron chi connectivity index (χ2n) is 6.72. The predicted molar refractivity (Wildman–Crippen MR) is 109 cm³/mol. The van der Waals surface area contributed by atoms with Crippen LogP contribution in [0.25, 0.3) is 10.8 Å². The average molecular weight is 492 g/mol. The normalized spacial score (nSPS) is 20.4. The molecule has 2 N–H and O–H groups in total. The van der Waals surface area contributed by atoms with Gasteiger partial charge in [-0.25, -0.2) is 14.5 Å². The molecule has 0 aliphatic carbocycles. The number of nitrogens with zero attached hydrogens (tertiary/aromatic N) is 3. The Labute approximate surface area is 209 Å². The van der Waals surface area contributed by atoms with Crippen LogP contribution in [0.4, 0.5) is 14.6 Å². The van der Waals surface area contributed by atoms with Crippen molar-refractivity contribution in [3.8, 4) is 0 Å². The molecule has 5 amide bonds. The van der Waals surface area contributed by atoms with E-state index in [1.807, 2.05) is 0 Å². The number of fused-ring (bicyclic) bond motifs is 1. The molecule has 0 bridgehead atoms. The van der Waals surface area contributed by atoms with Gasteiger partial charge in [0.2, 0.25) is 6.23 Å². The number of esters is 1. The Bertz CT molecular complexity index is 1220. The van der Waals surface area contributed by atoms with E-state index in [4.69, 9.17) is 4.74 Å². The Hall–Kier alpha value is -2.23. The van der Waals surface area contributed by atoms with Crippen molar-refractivity contribution < 1.29 is 67.9 Å². The molecule has 15 heteroatoms. The molecule has 4 rings (SSSR count). The molecule has 166 valence electrons. The van der Waals surface area contributed by atoms with Gasteiger partial charge in [0.25, 0.3) is 5.91 Å². The fourth-order valence-corrected chi connectivity index (χ4v) is 5.29. The summed E-state index contributed by atoms with van der Waals surface area (Å²) in [5.74, 6) is -2.11. The summed E-state index contributed by atoms with van der Waals surface area (Å²) in [7, 11) is -5.06. The topological polar surface area (TPSA) is 154 Å². The number of rotatable bonds is 4. The SMILES string of the molecule is CC(=O)O[C@H]1[C@H](N(C(=O)N2CCNC2=O)c2scc3ccccc23)C(=O)N1S(=O)(=O)O.[H-].[Na+]. The summed E-state index contributed by atoms with van der Waals surface area (Å²) >= 11 is 1.09. The summed E-state index contributed by atoms with van der Waals surface area (Å²) in [6.07, 6.45) is -1.80. The molecule has 0 saturated carbocycles. The number of β-lactam (4-membered cyclic amide) rings is 1. The first-order chi connectivity index (χ1) is 14.6. The quantitative estimate of drug-likeness (QED) is 0.212. The van der Waals surface area contributed by atoms with E-state index in [1.165, 1.54) is 0 Å². The first-order valence-corrected chi connectivity index (χ1v) is 11.2. The molecule has 32 heavy (non-hydrogen) atoms. The van der Waals surface area contributed by atoms with Crippen molar-refractivity contribution in [2.45, 2.75) is 19.2 Å². The van der Waals surface area contributed by atoms with E-state index in [-0.39, 0.29) is 53.4 Å². The maximum atomic E-state index is 13.3. The zero-order valence-electron chi connectivity index (χ0n) is 17.9. The minimum absolute atomic E-state index is 0. The van der Waals surface area contributed by atoms with Crippen LogP contribution >= 0.6 is 11.3 Å². The summed E-state index contributed by atoms with van der Waals surface area (Å²) in [6, 6.07) is 3.77. The first kappa shape index (κ1) is 24.4. The van der Waals surface area contributed by atoms with E-state index >= 15 is 0 Å². The van der Waals surface area contributed by atoms with Gasteiger partial charge in [-0.05, 0) is 5.39 Å². The van der Waals surface area contributed by atoms with Crippen molar-refractivity contribution >= 4 is 61.4 Å². The Morgan fingerprint density at radius 3 is 2.59 bits per heavy atom. The van der Waals surface area contributed by atoms with Gasteiger partial charge in [0.05, 0.1) is 0 Å². The average Bonchev–Trinajstić information content (AvgIpc) is 3.29. The fraction of sp³-hybridized carbons (Fsp3) is 0.294. The van der Waals surface area contributed by atoms with Gasteiger partial charge in [0.1, 0.15) is 5.00 Å². The Morgan fingerprint density at radius 1 is 1.31 bits per heavy atom. The molecular formula is C17H17N4NaO8S2. The van der Waals surface area contributed by atoms with Crippen molar-refractivity contribution in [3.05, 3.63) is 29.6 Å². The summed E-state index contributed by atoms with van der Waals surface area (Å²) in [6.45, 7) is 1.22. The van der Waals surface area contributed by atoms with E-state index in [1.54, 1.807) is 29.6 Å². The summed E-state index contributed by atoms with van der Waals surface area (Å²) < 4.78 is 37.6. The molecule has 0 radical (unpaired) electrons. The maximum absolute atomic E-state index is 13.3. The minimum atomic E-state index is -5.06. The molecule has 1 aromatic carbocycles. The van der Waals surface area contributed by atoms with Crippen LogP contribution in [0, 0.1) is 0 Å². The van der Waals surface area contributed by atoms with Gasteiger partial charge in [-0.15, -0.1) is 11.3 Å². The smallest absolute Gasteiger partial charge is 1.00 e. The van der Waals surface area contributed by atoms with Gasteiger partial charge in [-0.2, -0.15) is 12.7 Å². The van der Waals surface area contributed by atoms with Gasteiger partial charge in [-0.3, -0.25) is 19.0 Å². The number of carbonyl (C=O) groups is 4. The van der Waals surface area contributed by atoms with Crippen LogP contribution in [0.5, 0.6) is 0 Å².